The molecule has 0 saturated carbocycles. The second kappa shape index (κ2) is 5.89. The van der Waals surface area contributed by atoms with Crippen LogP contribution in [-0.4, -0.2) is 12.2 Å². The Kier molecular flexibility index (Phi) is 4.23. The number of anilines is 1. The van der Waals surface area contributed by atoms with Gasteiger partial charge in [-0.2, -0.15) is 0 Å². The predicted molar refractivity (Wildman–Crippen MR) is 80.4 cm³/mol. The number of hydrogen-bond acceptors (Lipinski definition) is 2. The molecule has 19 heavy (non-hydrogen) atoms. The number of aryl methyl sites for hydroxylation is 1. The molecule has 2 rings (SSSR count). The van der Waals surface area contributed by atoms with Crippen molar-refractivity contribution in [1.82, 2.24) is 0 Å². The first-order chi connectivity index (χ1) is 9.08. The van der Waals surface area contributed by atoms with Crippen molar-refractivity contribution in [2.24, 2.45) is 0 Å². The van der Waals surface area contributed by atoms with Crippen molar-refractivity contribution < 1.29 is 5.11 Å². The van der Waals surface area contributed by atoms with E-state index in [-0.39, 0.29) is 0 Å². The number of rotatable bonds is 4. The van der Waals surface area contributed by atoms with Crippen molar-refractivity contribution in [2.75, 3.05) is 11.9 Å². The van der Waals surface area contributed by atoms with Crippen LogP contribution >= 0.6 is 0 Å². The average molecular weight is 255 g/mol. The molecule has 1 N–H and O–H groups in total. The number of aliphatic hydroxyl groups is 1. The Hall–Kier alpha value is -1.80. The van der Waals surface area contributed by atoms with Gasteiger partial charge in [-0.1, -0.05) is 48.0 Å². The van der Waals surface area contributed by atoms with E-state index in [2.05, 4.69) is 49.2 Å². The average Bonchev–Trinajstić information content (AvgIpc) is 2.38. The van der Waals surface area contributed by atoms with Gasteiger partial charge in [-0.25, -0.2) is 0 Å². The molecule has 0 aliphatic heterocycles. The van der Waals surface area contributed by atoms with E-state index in [1.807, 2.05) is 18.2 Å². The highest BCUT2D eigenvalue weighted by molar-refractivity contribution is 5.54. The third kappa shape index (κ3) is 3.36. The van der Waals surface area contributed by atoms with Crippen LogP contribution in [0.4, 0.5) is 5.69 Å². The number of hydrogen-bond donors (Lipinski definition) is 1. The molecular formula is C17H21NO. The van der Waals surface area contributed by atoms with E-state index in [0.29, 0.717) is 0 Å². The minimum atomic E-state index is -0.448. The summed E-state index contributed by atoms with van der Waals surface area (Å²) >= 11 is 0. The van der Waals surface area contributed by atoms with Crippen molar-refractivity contribution >= 4 is 5.69 Å². The van der Waals surface area contributed by atoms with Gasteiger partial charge in [-0.05, 0) is 25.5 Å². The van der Waals surface area contributed by atoms with E-state index < -0.39 is 6.10 Å². The lowest BCUT2D eigenvalue weighted by Gasteiger charge is -2.23. The molecule has 0 bridgehead atoms. The van der Waals surface area contributed by atoms with Gasteiger partial charge in [0, 0.05) is 24.8 Å². The third-order valence-corrected chi connectivity index (χ3v) is 3.30. The van der Waals surface area contributed by atoms with E-state index in [1.54, 1.807) is 6.92 Å². The molecule has 0 fully saturated rings. The summed E-state index contributed by atoms with van der Waals surface area (Å²) in [6.45, 7) is 4.75. The normalized spacial score (nSPS) is 12.2. The molecule has 2 aromatic rings. The first-order valence-electron chi connectivity index (χ1n) is 6.61. The molecule has 0 amide bonds. The zero-order valence-corrected chi connectivity index (χ0v) is 11.8. The highest BCUT2D eigenvalue weighted by atomic mass is 16.3. The van der Waals surface area contributed by atoms with Crippen LogP contribution in [0.15, 0.2) is 48.5 Å². The Morgan fingerprint density at radius 2 is 1.84 bits per heavy atom. The summed E-state index contributed by atoms with van der Waals surface area (Å²) in [6.07, 6.45) is -0.448. The van der Waals surface area contributed by atoms with Crippen LogP contribution in [0.25, 0.3) is 0 Å². The maximum absolute atomic E-state index is 9.84. The van der Waals surface area contributed by atoms with Gasteiger partial charge >= 0.3 is 0 Å². The van der Waals surface area contributed by atoms with E-state index in [1.165, 1.54) is 11.1 Å². The molecule has 0 aliphatic rings. The molecule has 1 unspecified atom stereocenters. The smallest absolute Gasteiger partial charge is 0.0781 e. The topological polar surface area (TPSA) is 23.5 Å². The fourth-order valence-corrected chi connectivity index (χ4v) is 2.36. The Morgan fingerprint density at radius 1 is 1.11 bits per heavy atom. The summed E-state index contributed by atoms with van der Waals surface area (Å²) < 4.78 is 0. The summed E-state index contributed by atoms with van der Waals surface area (Å²) in [5.41, 5.74) is 4.61. The van der Waals surface area contributed by atoms with E-state index in [4.69, 9.17) is 0 Å². The molecule has 0 aliphatic carbocycles. The van der Waals surface area contributed by atoms with Gasteiger partial charge < -0.3 is 10.0 Å². The SMILES string of the molecule is Cc1cccc(CN(C)c2ccccc2C(C)O)c1. The van der Waals surface area contributed by atoms with Crippen molar-refractivity contribution in [1.29, 1.82) is 0 Å². The van der Waals surface area contributed by atoms with Crippen molar-refractivity contribution in [2.45, 2.75) is 26.5 Å². The molecule has 0 radical (unpaired) electrons. The minimum absolute atomic E-state index is 0.448. The van der Waals surface area contributed by atoms with Gasteiger partial charge in [0.05, 0.1) is 6.10 Å². The standard InChI is InChI=1S/C17H21NO/c1-13-7-6-8-15(11-13)12-18(3)17-10-5-4-9-16(17)14(2)19/h4-11,14,19H,12H2,1-3H3. The lowest BCUT2D eigenvalue weighted by atomic mass is 10.1. The second-order valence-electron chi connectivity index (χ2n) is 5.08. The van der Waals surface area contributed by atoms with Gasteiger partial charge in [-0.15, -0.1) is 0 Å². The predicted octanol–water partition coefficient (Wildman–Crippen LogP) is 3.68. The highest BCUT2D eigenvalue weighted by Crippen LogP contribution is 2.26. The van der Waals surface area contributed by atoms with Crippen LogP contribution in [0.1, 0.15) is 29.7 Å². The van der Waals surface area contributed by atoms with Gasteiger partial charge in [0.1, 0.15) is 0 Å². The first kappa shape index (κ1) is 13.6. The fourth-order valence-electron chi connectivity index (χ4n) is 2.36. The van der Waals surface area contributed by atoms with Gasteiger partial charge in [-0.3, -0.25) is 0 Å². The molecule has 100 valence electrons. The van der Waals surface area contributed by atoms with Gasteiger partial charge in [0.25, 0.3) is 0 Å². The maximum Gasteiger partial charge on any atom is 0.0781 e. The molecule has 0 spiro atoms. The molecule has 2 nitrogen and oxygen atoms in total. The van der Waals surface area contributed by atoms with Gasteiger partial charge in [0.15, 0.2) is 0 Å². The van der Waals surface area contributed by atoms with Gasteiger partial charge in [0.2, 0.25) is 0 Å². The summed E-state index contributed by atoms with van der Waals surface area (Å²) in [7, 11) is 2.06. The third-order valence-electron chi connectivity index (χ3n) is 3.30. The zero-order valence-electron chi connectivity index (χ0n) is 11.8. The fraction of sp³-hybridized carbons (Fsp3) is 0.294. The lowest BCUT2D eigenvalue weighted by Crippen LogP contribution is -2.18. The Bertz CT molecular complexity index is 548. The summed E-state index contributed by atoms with van der Waals surface area (Å²) in [5, 5.41) is 9.84. The summed E-state index contributed by atoms with van der Waals surface area (Å²) in [4.78, 5) is 2.18. The number of benzene rings is 2. The Labute approximate surface area is 115 Å². The van der Waals surface area contributed by atoms with Crippen LogP contribution in [0.3, 0.4) is 0 Å². The molecule has 0 saturated heterocycles. The number of nitrogens with zero attached hydrogens (tertiary/aromatic N) is 1. The Morgan fingerprint density at radius 3 is 2.53 bits per heavy atom. The van der Waals surface area contributed by atoms with E-state index in [9.17, 15) is 5.11 Å². The minimum Gasteiger partial charge on any atom is -0.389 e. The first-order valence-corrected chi connectivity index (χ1v) is 6.61. The quantitative estimate of drug-likeness (QED) is 0.900. The lowest BCUT2D eigenvalue weighted by molar-refractivity contribution is 0.199. The largest absolute Gasteiger partial charge is 0.389 e. The molecule has 0 aromatic heterocycles. The number of aliphatic hydroxyl groups excluding tert-OH is 1. The molecular weight excluding hydrogens is 234 g/mol. The monoisotopic (exact) mass is 255 g/mol. The van der Waals surface area contributed by atoms with E-state index >= 15 is 0 Å². The van der Waals surface area contributed by atoms with Crippen LogP contribution in [0, 0.1) is 6.92 Å². The summed E-state index contributed by atoms with van der Waals surface area (Å²) in [6, 6.07) is 16.5. The van der Waals surface area contributed by atoms with Crippen LogP contribution < -0.4 is 4.90 Å². The number of para-hydroxylation sites is 1. The highest BCUT2D eigenvalue weighted by Gasteiger charge is 2.11. The van der Waals surface area contributed by atoms with Crippen molar-refractivity contribution in [3.8, 4) is 0 Å². The zero-order chi connectivity index (χ0) is 13.8. The summed E-state index contributed by atoms with van der Waals surface area (Å²) in [5.74, 6) is 0. The van der Waals surface area contributed by atoms with Crippen molar-refractivity contribution in [3.63, 3.8) is 0 Å². The van der Waals surface area contributed by atoms with Crippen LogP contribution in [0.2, 0.25) is 0 Å². The molecule has 2 aromatic carbocycles. The molecule has 1 atom stereocenters. The van der Waals surface area contributed by atoms with Crippen LogP contribution in [0.5, 0.6) is 0 Å². The molecule has 2 heteroatoms. The molecule has 0 heterocycles. The Balaban J connectivity index is 2.23. The van der Waals surface area contributed by atoms with Crippen molar-refractivity contribution in [3.05, 3.63) is 65.2 Å². The second-order valence-corrected chi connectivity index (χ2v) is 5.08. The maximum atomic E-state index is 9.84. The van der Waals surface area contributed by atoms with E-state index in [0.717, 1.165) is 17.8 Å². The van der Waals surface area contributed by atoms with Crippen LogP contribution in [-0.2, 0) is 6.54 Å².